The second-order valence-electron chi connectivity index (χ2n) is 4.61. The molecule has 0 amide bonds. The molecule has 2 N–H and O–H groups in total. The number of methoxy groups -OCH3 is 1. The Morgan fingerprint density at radius 3 is 2.68 bits per heavy atom. The number of hydrogen-bond donors (Lipinski definition) is 2. The van der Waals surface area contributed by atoms with Crippen LogP contribution in [0.5, 0.6) is 0 Å². The van der Waals surface area contributed by atoms with E-state index in [-0.39, 0.29) is 24.8 Å². The van der Waals surface area contributed by atoms with E-state index in [0.717, 1.165) is 0 Å². The molecule has 0 aliphatic carbocycles. The van der Waals surface area contributed by atoms with Crippen molar-refractivity contribution in [1.29, 1.82) is 0 Å². The molecule has 1 aromatic heterocycles. The van der Waals surface area contributed by atoms with Crippen LogP contribution in [-0.4, -0.2) is 46.2 Å². The Hall–Kier alpha value is -1.67. The molecule has 1 heterocycles. The van der Waals surface area contributed by atoms with E-state index in [2.05, 4.69) is 10.4 Å². The molecule has 108 valence electrons. The molecule has 8 nitrogen and oxygen atoms in total. The van der Waals surface area contributed by atoms with Crippen LogP contribution in [-0.2, 0) is 11.8 Å². The summed E-state index contributed by atoms with van der Waals surface area (Å²) < 4.78 is 6.22. The van der Waals surface area contributed by atoms with Gasteiger partial charge in [0.1, 0.15) is 5.69 Å². The fourth-order valence-corrected chi connectivity index (χ4v) is 1.77. The molecular formula is C11H20N4O4. The van der Waals surface area contributed by atoms with Gasteiger partial charge in [0, 0.05) is 26.6 Å². The molecule has 0 bridgehead atoms. The SMILES string of the molecule is COCC(O)CNc1c([N+](=O)[O-])c(C(C)C)nn1C. The largest absolute Gasteiger partial charge is 0.389 e. The minimum Gasteiger partial charge on any atom is -0.389 e. The fraction of sp³-hybridized carbons (Fsp3) is 0.727. The van der Waals surface area contributed by atoms with Crippen LogP contribution in [0.3, 0.4) is 0 Å². The van der Waals surface area contributed by atoms with Gasteiger partial charge in [-0.05, 0) is 0 Å². The second-order valence-corrected chi connectivity index (χ2v) is 4.61. The van der Waals surface area contributed by atoms with E-state index in [1.54, 1.807) is 7.05 Å². The Kier molecular flexibility index (Phi) is 5.25. The van der Waals surface area contributed by atoms with Gasteiger partial charge in [-0.3, -0.25) is 10.1 Å². The van der Waals surface area contributed by atoms with Crippen LogP contribution >= 0.6 is 0 Å². The molecule has 1 rings (SSSR count). The van der Waals surface area contributed by atoms with Gasteiger partial charge in [0.15, 0.2) is 0 Å². The number of rotatable bonds is 7. The van der Waals surface area contributed by atoms with E-state index in [4.69, 9.17) is 4.74 Å². The van der Waals surface area contributed by atoms with Crippen molar-refractivity contribution in [1.82, 2.24) is 9.78 Å². The fourth-order valence-electron chi connectivity index (χ4n) is 1.77. The maximum Gasteiger partial charge on any atom is 0.334 e. The number of aromatic nitrogens is 2. The monoisotopic (exact) mass is 272 g/mol. The number of anilines is 1. The third-order valence-electron chi connectivity index (χ3n) is 2.64. The van der Waals surface area contributed by atoms with Crippen molar-refractivity contribution in [2.45, 2.75) is 25.9 Å². The summed E-state index contributed by atoms with van der Waals surface area (Å²) in [5.74, 6) is 0.245. The van der Waals surface area contributed by atoms with Crippen LogP contribution < -0.4 is 5.32 Å². The summed E-state index contributed by atoms with van der Waals surface area (Å²) in [5, 5.41) is 27.7. The predicted molar refractivity (Wildman–Crippen MR) is 70.3 cm³/mol. The molecule has 0 aromatic carbocycles. The van der Waals surface area contributed by atoms with E-state index >= 15 is 0 Å². The zero-order valence-corrected chi connectivity index (χ0v) is 11.6. The lowest BCUT2D eigenvalue weighted by Gasteiger charge is -2.11. The Morgan fingerprint density at radius 2 is 2.21 bits per heavy atom. The molecule has 0 saturated carbocycles. The predicted octanol–water partition coefficient (Wildman–Crippen LogP) is 0.871. The maximum absolute atomic E-state index is 11.2. The van der Waals surface area contributed by atoms with E-state index in [1.807, 2.05) is 13.8 Å². The van der Waals surface area contributed by atoms with E-state index in [9.17, 15) is 15.2 Å². The summed E-state index contributed by atoms with van der Waals surface area (Å²) in [6, 6.07) is 0. The van der Waals surface area contributed by atoms with Crippen molar-refractivity contribution >= 4 is 11.5 Å². The molecule has 0 aliphatic rings. The number of aliphatic hydroxyl groups excluding tert-OH is 1. The van der Waals surface area contributed by atoms with Crippen molar-refractivity contribution in [3.8, 4) is 0 Å². The van der Waals surface area contributed by atoms with Crippen LogP contribution in [0.4, 0.5) is 11.5 Å². The van der Waals surface area contributed by atoms with Crippen molar-refractivity contribution in [2.75, 3.05) is 25.6 Å². The molecule has 0 aliphatic heterocycles. The molecule has 1 atom stereocenters. The minimum absolute atomic E-state index is 0.0397. The van der Waals surface area contributed by atoms with Crippen molar-refractivity contribution in [3.63, 3.8) is 0 Å². The zero-order valence-electron chi connectivity index (χ0n) is 11.6. The van der Waals surface area contributed by atoms with Gasteiger partial charge in [0.05, 0.1) is 17.6 Å². The molecule has 0 radical (unpaired) electrons. The van der Waals surface area contributed by atoms with Crippen molar-refractivity contribution < 1.29 is 14.8 Å². The molecule has 0 fully saturated rings. The zero-order chi connectivity index (χ0) is 14.6. The van der Waals surface area contributed by atoms with Gasteiger partial charge in [-0.15, -0.1) is 0 Å². The summed E-state index contributed by atoms with van der Waals surface area (Å²) in [6.07, 6.45) is -0.734. The first-order valence-electron chi connectivity index (χ1n) is 6.00. The number of nitrogens with zero attached hydrogens (tertiary/aromatic N) is 3. The van der Waals surface area contributed by atoms with Crippen LogP contribution in [0.2, 0.25) is 0 Å². The molecule has 0 spiro atoms. The van der Waals surface area contributed by atoms with Gasteiger partial charge in [-0.25, -0.2) is 4.68 Å². The first kappa shape index (κ1) is 15.4. The molecule has 0 saturated heterocycles. The number of aryl methyl sites for hydroxylation is 1. The summed E-state index contributed by atoms with van der Waals surface area (Å²) >= 11 is 0. The molecular weight excluding hydrogens is 252 g/mol. The number of ether oxygens (including phenoxy) is 1. The van der Waals surface area contributed by atoms with Crippen LogP contribution in [0.1, 0.15) is 25.5 Å². The van der Waals surface area contributed by atoms with Gasteiger partial charge in [0.25, 0.3) is 0 Å². The van der Waals surface area contributed by atoms with Crippen molar-refractivity contribution in [3.05, 3.63) is 15.8 Å². The Labute approximate surface area is 111 Å². The first-order chi connectivity index (χ1) is 8.88. The van der Waals surface area contributed by atoms with E-state index in [1.165, 1.54) is 11.8 Å². The average Bonchev–Trinajstić information content (AvgIpc) is 2.64. The maximum atomic E-state index is 11.2. The lowest BCUT2D eigenvalue weighted by atomic mass is 10.1. The highest BCUT2D eigenvalue weighted by molar-refractivity contribution is 5.60. The summed E-state index contributed by atoms with van der Waals surface area (Å²) in [4.78, 5) is 10.7. The van der Waals surface area contributed by atoms with Gasteiger partial charge >= 0.3 is 5.69 Å². The molecule has 1 unspecified atom stereocenters. The third-order valence-corrected chi connectivity index (χ3v) is 2.64. The van der Waals surface area contributed by atoms with E-state index < -0.39 is 11.0 Å². The number of nitrogens with one attached hydrogen (secondary N) is 1. The van der Waals surface area contributed by atoms with Gasteiger partial charge in [0.2, 0.25) is 5.82 Å². The molecule has 19 heavy (non-hydrogen) atoms. The van der Waals surface area contributed by atoms with Crippen molar-refractivity contribution in [2.24, 2.45) is 7.05 Å². The van der Waals surface area contributed by atoms with Gasteiger partial charge < -0.3 is 15.2 Å². The lowest BCUT2D eigenvalue weighted by Crippen LogP contribution is -2.25. The number of hydrogen-bond acceptors (Lipinski definition) is 6. The highest BCUT2D eigenvalue weighted by Gasteiger charge is 2.28. The topological polar surface area (TPSA) is 102 Å². The lowest BCUT2D eigenvalue weighted by molar-refractivity contribution is -0.384. The first-order valence-corrected chi connectivity index (χ1v) is 6.00. The highest BCUT2D eigenvalue weighted by atomic mass is 16.6. The summed E-state index contributed by atoms with van der Waals surface area (Å²) in [5.41, 5.74) is 0.387. The average molecular weight is 272 g/mol. The van der Waals surface area contributed by atoms with Crippen LogP contribution in [0.25, 0.3) is 0 Å². The second kappa shape index (κ2) is 6.48. The minimum atomic E-state index is -0.734. The van der Waals surface area contributed by atoms with E-state index in [0.29, 0.717) is 11.5 Å². The number of nitro groups is 1. The van der Waals surface area contributed by atoms with Crippen LogP contribution in [0.15, 0.2) is 0 Å². The smallest absolute Gasteiger partial charge is 0.334 e. The van der Waals surface area contributed by atoms with Gasteiger partial charge in [-0.1, -0.05) is 13.8 Å². The summed E-state index contributed by atoms with van der Waals surface area (Å²) in [6.45, 7) is 4.01. The third kappa shape index (κ3) is 3.65. The quantitative estimate of drug-likeness (QED) is 0.564. The normalized spacial score (nSPS) is 12.7. The Balaban J connectivity index is 2.96. The molecule has 1 aromatic rings. The summed E-state index contributed by atoms with van der Waals surface area (Å²) in [7, 11) is 3.11. The van der Waals surface area contributed by atoms with Gasteiger partial charge in [-0.2, -0.15) is 5.10 Å². The number of aliphatic hydroxyl groups is 1. The van der Waals surface area contributed by atoms with Crippen LogP contribution in [0, 0.1) is 10.1 Å². The highest BCUT2D eigenvalue weighted by Crippen LogP contribution is 2.32. The Morgan fingerprint density at radius 1 is 1.58 bits per heavy atom. The standard InChI is InChI=1S/C11H20N4O4/c1-7(2)9-10(15(17)18)11(14(3)13-9)12-5-8(16)6-19-4/h7-8,12,16H,5-6H2,1-4H3. The molecule has 8 heteroatoms. The Bertz CT molecular complexity index is 444.